The molecule has 4 rings (SSSR count). The van der Waals surface area contributed by atoms with E-state index in [0.717, 1.165) is 37.5 Å². The van der Waals surface area contributed by atoms with E-state index < -0.39 is 0 Å². The molecule has 1 N–H and O–H groups in total. The number of rotatable bonds is 4. The molecule has 112 valence electrons. The van der Waals surface area contributed by atoms with Crippen molar-refractivity contribution in [2.45, 2.75) is 19.0 Å². The zero-order valence-corrected chi connectivity index (χ0v) is 12.3. The van der Waals surface area contributed by atoms with Gasteiger partial charge in [-0.1, -0.05) is 30.3 Å². The molecule has 1 saturated heterocycles. The maximum Gasteiger partial charge on any atom is 0.177 e. The molecule has 1 fully saturated rings. The van der Waals surface area contributed by atoms with E-state index in [4.69, 9.17) is 0 Å². The smallest absolute Gasteiger partial charge is 0.177 e. The predicted molar refractivity (Wildman–Crippen MR) is 84.5 cm³/mol. The number of fused-ring (bicyclic) bond motifs is 1. The van der Waals surface area contributed by atoms with Gasteiger partial charge in [0.2, 0.25) is 0 Å². The quantitative estimate of drug-likeness (QED) is 0.795. The second-order valence-corrected chi connectivity index (χ2v) is 5.70. The molecule has 0 saturated carbocycles. The first-order chi connectivity index (χ1) is 10.9. The Kier molecular flexibility index (Phi) is 3.44. The summed E-state index contributed by atoms with van der Waals surface area (Å²) < 4.78 is 1.69. The molecular formula is C16H18N6. The van der Waals surface area contributed by atoms with Crippen LogP contribution >= 0.6 is 0 Å². The maximum absolute atomic E-state index is 4.47. The van der Waals surface area contributed by atoms with Gasteiger partial charge in [-0.15, -0.1) is 15.3 Å². The highest BCUT2D eigenvalue weighted by Gasteiger charge is 2.22. The fraction of sp³-hybridized carbons (Fsp3) is 0.312. The van der Waals surface area contributed by atoms with E-state index in [1.165, 1.54) is 5.56 Å². The Morgan fingerprint density at radius 1 is 1.14 bits per heavy atom. The maximum atomic E-state index is 4.47. The molecule has 0 radical (unpaired) electrons. The first-order valence-electron chi connectivity index (χ1n) is 7.57. The third-order valence-corrected chi connectivity index (χ3v) is 4.04. The average Bonchev–Trinajstić information content (AvgIpc) is 3.17. The van der Waals surface area contributed by atoms with Crippen molar-refractivity contribution < 1.29 is 0 Å². The highest BCUT2D eigenvalue weighted by Crippen LogP contribution is 2.17. The second kappa shape index (κ2) is 5.73. The molecule has 1 atom stereocenters. The summed E-state index contributed by atoms with van der Waals surface area (Å²) in [5.41, 5.74) is 2.13. The Bertz CT molecular complexity index is 753. The van der Waals surface area contributed by atoms with E-state index in [9.17, 15) is 0 Å². The van der Waals surface area contributed by atoms with Crippen molar-refractivity contribution >= 4 is 11.5 Å². The van der Waals surface area contributed by atoms with E-state index >= 15 is 0 Å². The molecule has 0 unspecified atom stereocenters. The Balaban J connectivity index is 1.38. The van der Waals surface area contributed by atoms with Gasteiger partial charge in [-0.25, -0.2) is 0 Å². The van der Waals surface area contributed by atoms with Crippen LogP contribution < -0.4 is 5.32 Å². The van der Waals surface area contributed by atoms with Crippen LogP contribution in [0, 0.1) is 0 Å². The molecule has 6 heteroatoms. The van der Waals surface area contributed by atoms with Crippen LogP contribution in [0.1, 0.15) is 12.0 Å². The minimum absolute atomic E-state index is 0.435. The van der Waals surface area contributed by atoms with Crippen LogP contribution in [0.4, 0.5) is 5.82 Å². The molecule has 0 bridgehead atoms. The van der Waals surface area contributed by atoms with Crippen molar-refractivity contribution in [3.8, 4) is 0 Å². The largest absolute Gasteiger partial charge is 0.365 e. The van der Waals surface area contributed by atoms with E-state index in [2.05, 4.69) is 55.8 Å². The molecule has 22 heavy (non-hydrogen) atoms. The van der Waals surface area contributed by atoms with Gasteiger partial charge in [0.15, 0.2) is 5.65 Å². The fourth-order valence-corrected chi connectivity index (χ4v) is 2.95. The summed E-state index contributed by atoms with van der Waals surface area (Å²) in [5, 5.41) is 15.8. The van der Waals surface area contributed by atoms with Gasteiger partial charge in [0, 0.05) is 25.7 Å². The molecule has 0 aliphatic carbocycles. The normalized spacial score (nSPS) is 18.8. The number of nitrogens with zero attached hydrogens (tertiary/aromatic N) is 5. The SMILES string of the molecule is c1ccc(CN2CC[C@H](Nc3ccc4nncn4n3)C2)cc1. The lowest BCUT2D eigenvalue weighted by Gasteiger charge is -2.17. The number of hydrogen-bond donors (Lipinski definition) is 1. The zero-order valence-electron chi connectivity index (χ0n) is 12.3. The zero-order chi connectivity index (χ0) is 14.8. The molecule has 3 heterocycles. The van der Waals surface area contributed by atoms with Crippen LogP contribution in [0.3, 0.4) is 0 Å². The van der Waals surface area contributed by atoms with Crippen LogP contribution in [0.15, 0.2) is 48.8 Å². The molecule has 0 amide bonds. The summed E-state index contributed by atoms with van der Waals surface area (Å²) in [6.45, 7) is 3.16. The van der Waals surface area contributed by atoms with E-state index in [0.29, 0.717) is 6.04 Å². The van der Waals surface area contributed by atoms with Crippen molar-refractivity contribution in [1.29, 1.82) is 0 Å². The van der Waals surface area contributed by atoms with Gasteiger partial charge in [-0.2, -0.15) is 4.52 Å². The van der Waals surface area contributed by atoms with Gasteiger partial charge in [0.25, 0.3) is 0 Å². The van der Waals surface area contributed by atoms with Crippen molar-refractivity contribution in [3.63, 3.8) is 0 Å². The molecule has 6 nitrogen and oxygen atoms in total. The lowest BCUT2D eigenvalue weighted by Crippen LogP contribution is -2.26. The molecular weight excluding hydrogens is 276 g/mol. The van der Waals surface area contributed by atoms with Crippen LogP contribution in [-0.2, 0) is 6.54 Å². The van der Waals surface area contributed by atoms with Crippen LogP contribution in [-0.4, -0.2) is 43.8 Å². The molecule has 0 spiro atoms. The number of hydrogen-bond acceptors (Lipinski definition) is 5. The molecule has 1 aromatic carbocycles. The third-order valence-electron chi connectivity index (χ3n) is 4.04. The average molecular weight is 294 g/mol. The van der Waals surface area contributed by atoms with E-state index in [1.807, 2.05) is 12.1 Å². The molecule has 3 aromatic rings. The standard InChI is InChI=1S/C16H18N6/c1-2-4-13(5-3-1)10-21-9-8-14(11-21)18-15-6-7-16-19-17-12-22(16)20-15/h1-7,12,14H,8-11H2,(H,18,20)/t14-/m0/s1. The Morgan fingerprint density at radius 2 is 2.05 bits per heavy atom. The highest BCUT2D eigenvalue weighted by atomic mass is 15.4. The van der Waals surface area contributed by atoms with Gasteiger partial charge in [0.1, 0.15) is 12.1 Å². The Labute approximate surface area is 128 Å². The third kappa shape index (κ3) is 2.78. The number of anilines is 1. The van der Waals surface area contributed by atoms with E-state index in [-0.39, 0.29) is 0 Å². The van der Waals surface area contributed by atoms with Crippen molar-refractivity contribution in [3.05, 3.63) is 54.4 Å². The monoisotopic (exact) mass is 294 g/mol. The van der Waals surface area contributed by atoms with Gasteiger partial charge in [-0.05, 0) is 24.1 Å². The Hall–Kier alpha value is -2.47. The Morgan fingerprint density at radius 3 is 2.95 bits per heavy atom. The number of nitrogens with one attached hydrogen (secondary N) is 1. The summed E-state index contributed by atoms with van der Waals surface area (Å²) in [4.78, 5) is 2.48. The van der Waals surface area contributed by atoms with E-state index in [1.54, 1.807) is 10.8 Å². The lowest BCUT2D eigenvalue weighted by molar-refractivity contribution is 0.328. The molecule has 1 aliphatic heterocycles. The molecule has 1 aliphatic rings. The van der Waals surface area contributed by atoms with Crippen LogP contribution in [0.25, 0.3) is 5.65 Å². The van der Waals surface area contributed by atoms with Gasteiger partial charge < -0.3 is 5.32 Å². The number of benzene rings is 1. The minimum atomic E-state index is 0.435. The van der Waals surface area contributed by atoms with Crippen molar-refractivity contribution in [1.82, 2.24) is 24.7 Å². The van der Waals surface area contributed by atoms with Crippen molar-refractivity contribution in [2.75, 3.05) is 18.4 Å². The second-order valence-electron chi connectivity index (χ2n) is 5.70. The summed E-state index contributed by atoms with van der Waals surface area (Å²) in [6, 6.07) is 14.9. The van der Waals surface area contributed by atoms with Crippen LogP contribution in [0.5, 0.6) is 0 Å². The van der Waals surface area contributed by atoms with Gasteiger partial charge in [-0.3, -0.25) is 4.90 Å². The number of likely N-dealkylation sites (tertiary alicyclic amines) is 1. The topological polar surface area (TPSA) is 58.3 Å². The minimum Gasteiger partial charge on any atom is -0.365 e. The summed E-state index contributed by atoms with van der Waals surface area (Å²) in [5.74, 6) is 0.874. The highest BCUT2D eigenvalue weighted by molar-refractivity contribution is 5.43. The predicted octanol–water partition coefficient (Wildman–Crippen LogP) is 1.81. The first kappa shape index (κ1) is 13.2. The van der Waals surface area contributed by atoms with Gasteiger partial charge >= 0.3 is 0 Å². The first-order valence-corrected chi connectivity index (χ1v) is 7.57. The lowest BCUT2D eigenvalue weighted by atomic mass is 10.2. The summed E-state index contributed by atoms with van der Waals surface area (Å²) in [7, 11) is 0. The van der Waals surface area contributed by atoms with Gasteiger partial charge in [0.05, 0.1) is 0 Å². The van der Waals surface area contributed by atoms with Crippen molar-refractivity contribution in [2.24, 2.45) is 0 Å². The molecule has 2 aromatic heterocycles. The number of aromatic nitrogens is 4. The summed E-state index contributed by atoms with van der Waals surface area (Å²) >= 11 is 0. The fourth-order valence-electron chi connectivity index (χ4n) is 2.95. The van der Waals surface area contributed by atoms with Crippen LogP contribution in [0.2, 0.25) is 0 Å². The summed E-state index contributed by atoms with van der Waals surface area (Å²) in [6.07, 6.45) is 2.76.